The number of rotatable bonds is 5. The summed E-state index contributed by atoms with van der Waals surface area (Å²) >= 11 is 3.42. The zero-order valence-corrected chi connectivity index (χ0v) is 17.4. The summed E-state index contributed by atoms with van der Waals surface area (Å²) in [6.45, 7) is 5.22. The molecule has 7 heteroatoms. The number of thiophene rings is 2. The van der Waals surface area contributed by atoms with E-state index < -0.39 is 0 Å². The molecule has 4 heterocycles. The van der Waals surface area contributed by atoms with E-state index in [2.05, 4.69) is 39.0 Å². The largest absolute Gasteiger partial charge is 0.359 e. The molecular formula is C20H27N3O2S2. The van der Waals surface area contributed by atoms with Gasteiger partial charge in [0.2, 0.25) is 0 Å². The first-order valence-electron chi connectivity index (χ1n) is 9.52. The third-order valence-corrected chi connectivity index (χ3v) is 7.10. The highest BCUT2D eigenvalue weighted by Crippen LogP contribution is 2.32. The number of ether oxygens (including phenoxy) is 1. The number of hydrogen-bond acceptors (Lipinski definition) is 6. The van der Waals surface area contributed by atoms with E-state index in [1.54, 1.807) is 22.7 Å². The molecule has 1 N–H and O–H groups in total. The van der Waals surface area contributed by atoms with E-state index >= 15 is 0 Å². The molecule has 2 aliphatic heterocycles. The molecule has 0 bridgehead atoms. The van der Waals surface area contributed by atoms with Crippen molar-refractivity contribution in [3.05, 3.63) is 44.8 Å². The van der Waals surface area contributed by atoms with Crippen LogP contribution in [0.2, 0.25) is 0 Å². The van der Waals surface area contributed by atoms with E-state index in [9.17, 15) is 4.79 Å². The summed E-state index contributed by atoms with van der Waals surface area (Å²) in [7, 11) is 2.10. The number of nitrogens with zero attached hydrogens (tertiary/aromatic N) is 2. The van der Waals surface area contributed by atoms with Gasteiger partial charge in [0.05, 0.1) is 12.1 Å². The molecule has 146 valence electrons. The molecule has 5 nitrogen and oxygen atoms in total. The lowest BCUT2D eigenvalue weighted by Gasteiger charge is -2.48. The minimum absolute atomic E-state index is 0.00928. The number of carbonyl (C=O) groups excluding carboxylic acids is 1. The van der Waals surface area contributed by atoms with Crippen LogP contribution in [-0.4, -0.2) is 60.6 Å². The molecule has 0 saturated carbocycles. The van der Waals surface area contributed by atoms with Crippen LogP contribution in [0.25, 0.3) is 0 Å². The van der Waals surface area contributed by atoms with Crippen molar-refractivity contribution in [2.75, 3.05) is 33.2 Å². The highest BCUT2D eigenvalue weighted by Gasteiger charge is 2.43. The standard InChI is InChI=1S/C20H27N3O2S2/c1-22-13-18(19(24)21-11-17-3-2-9-27-17)25-20(15-22)5-7-23(8-6-20)12-16-4-10-26-14-16/h2-4,9-10,14,18H,5-8,11-13,15H2,1H3,(H,21,24)/t18-/m1/s1. The van der Waals surface area contributed by atoms with E-state index in [4.69, 9.17) is 4.74 Å². The van der Waals surface area contributed by atoms with E-state index in [0.717, 1.165) is 39.0 Å². The molecule has 0 aromatic carbocycles. The number of hydrogen-bond donors (Lipinski definition) is 1. The molecule has 2 aromatic rings. The predicted octanol–water partition coefficient (Wildman–Crippen LogP) is 2.79. The lowest BCUT2D eigenvalue weighted by atomic mass is 9.88. The zero-order valence-electron chi connectivity index (χ0n) is 15.7. The second-order valence-electron chi connectivity index (χ2n) is 7.69. The first-order chi connectivity index (χ1) is 13.1. The van der Waals surface area contributed by atoms with Crippen molar-refractivity contribution in [2.45, 2.75) is 37.6 Å². The average Bonchev–Trinajstić information content (AvgIpc) is 3.35. The van der Waals surface area contributed by atoms with Gasteiger partial charge in [-0.25, -0.2) is 0 Å². The van der Waals surface area contributed by atoms with Crippen molar-refractivity contribution in [3.8, 4) is 0 Å². The van der Waals surface area contributed by atoms with Crippen molar-refractivity contribution >= 4 is 28.6 Å². The summed E-state index contributed by atoms with van der Waals surface area (Å²) in [6.07, 6.45) is 1.58. The van der Waals surface area contributed by atoms with Gasteiger partial charge in [-0.1, -0.05) is 6.07 Å². The molecule has 2 fully saturated rings. The average molecular weight is 406 g/mol. The number of amides is 1. The minimum Gasteiger partial charge on any atom is -0.359 e. The van der Waals surface area contributed by atoms with Gasteiger partial charge >= 0.3 is 0 Å². The molecule has 1 atom stereocenters. The topological polar surface area (TPSA) is 44.8 Å². The first-order valence-corrected chi connectivity index (χ1v) is 11.3. The van der Waals surface area contributed by atoms with Crippen LogP contribution in [-0.2, 0) is 22.6 Å². The number of morpholine rings is 1. The molecule has 0 radical (unpaired) electrons. The summed E-state index contributed by atoms with van der Waals surface area (Å²) in [6, 6.07) is 6.26. The number of piperidine rings is 1. The fraction of sp³-hybridized carbons (Fsp3) is 0.550. The van der Waals surface area contributed by atoms with Gasteiger partial charge in [-0.15, -0.1) is 11.3 Å². The Morgan fingerprint density at radius 2 is 2.19 bits per heavy atom. The van der Waals surface area contributed by atoms with Gasteiger partial charge < -0.3 is 15.0 Å². The Bertz CT molecular complexity index is 725. The maximum Gasteiger partial charge on any atom is 0.250 e. The Balaban J connectivity index is 1.32. The Labute approximate surface area is 168 Å². The fourth-order valence-corrected chi connectivity index (χ4v) is 5.39. The zero-order chi connectivity index (χ0) is 18.7. The third-order valence-electron chi connectivity index (χ3n) is 5.49. The van der Waals surface area contributed by atoms with Crippen LogP contribution in [0.5, 0.6) is 0 Å². The lowest BCUT2D eigenvalue weighted by molar-refractivity contribution is -0.182. The van der Waals surface area contributed by atoms with Crippen molar-refractivity contribution in [3.63, 3.8) is 0 Å². The molecule has 2 aliphatic rings. The maximum absolute atomic E-state index is 12.7. The Morgan fingerprint density at radius 1 is 1.33 bits per heavy atom. The molecule has 0 unspecified atom stereocenters. The number of nitrogens with one attached hydrogen (secondary N) is 1. The first kappa shape index (κ1) is 19.1. The normalized spacial score (nSPS) is 23.5. The molecule has 2 saturated heterocycles. The second kappa shape index (κ2) is 8.41. The summed E-state index contributed by atoms with van der Waals surface area (Å²) < 4.78 is 6.43. The van der Waals surface area contributed by atoms with Gasteiger partial charge in [-0.3, -0.25) is 9.69 Å². The summed E-state index contributed by atoms with van der Waals surface area (Å²) in [5.41, 5.74) is 1.20. The van der Waals surface area contributed by atoms with Crippen molar-refractivity contribution in [2.24, 2.45) is 0 Å². The van der Waals surface area contributed by atoms with Gasteiger partial charge in [0.15, 0.2) is 0 Å². The van der Waals surface area contributed by atoms with E-state index in [-0.39, 0.29) is 17.6 Å². The number of carbonyl (C=O) groups is 1. The Morgan fingerprint density at radius 3 is 2.89 bits per heavy atom. The van der Waals surface area contributed by atoms with Gasteiger partial charge in [0.25, 0.3) is 5.91 Å². The molecule has 0 aliphatic carbocycles. The van der Waals surface area contributed by atoms with Gasteiger partial charge in [-0.2, -0.15) is 11.3 Å². The van der Waals surface area contributed by atoms with E-state index in [0.29, 0.717) is 13.1 Å². The quantitative estimate of drug-likeness (QED) is 0.831. The predicted molar refractivity (Wildman–Crippen MR) is 110 cm³/mol. The molecule has 1 amide bonds. The maximum atomic E-state index is 12.7. The summed E-state index contributed by atoms with van der Waals surface area (Å²) in [5.74, 6) is 0.00928. The smallest absolute Gasteiger partial charge is 0.250 e. The van der Waals surface area contributed by atoms with Crippen LogP contribution in [0.1, 0.15) is 23.3 Å². The SMILES string of the molecule is CN1C[C@H](C(=O)NCc2cccs2)OC2(CCN(Cc3ccsc3)CC2)C1. The lowest BCUT2D eigenvalue weighted by Crippen LogP contribution is -2.61. The highest BCUT2D eigenvalue weighted by molar-refractivity contribution is 7.09. The van der Waals surface area contributed by atoms with Crippen molar-refractivity contribution in [1.29, 1.82) is 0 Å². The molecular weight excluding hydrogens is 378 g/mol. The summed E-state index contributed by atoms with van der Waals surface area (Å²) in [4.78, 5) is 18.6. The molecule has 1 spiro atoms. The van der Waals surface area contributed by atoms with Crippen LogP contribution < -0.4 is 5.32 Å². The van der Waals surface area contributed by atoms with Crippen LogP contribution in [0.4, 0.5) is 0 Å². The monoisotopic (exact) mass is 405 g/mol. The van der Waals surface area contributed by atoms with Crippen LogP contribution in [0.3, 0.4) is 0 Å². The van der Waals surface area contributed by atoms with Gasteiger partial charge in [0.1, 0.15) is 6.10 Å². The molecule has 2 aromatic heterocycles. The van der Waals surface area contributed by atoms with Gasteiger partial charge in [-0.05, 0) is 53.7 Å². The second-order valence-corrected chi connectivity index (χ2v) is 9.50. The van der Waals surface area contributed by atoms with Crippen molar-refractivity contribution < 1.29 is 9.53 Å². The number of likely N-dealkylation sites (N-methyl/N-ethyl adjacent to an activating group) is 1. The Hall–Kier alpha value is -1.25. The van der Waals surface area contributed by atoms with E-state index in [1.165, 1.54) is 10.4 Å². The van der Waals surface area contributed by atoms with Crippen LogP contribution >= 0.6 is 22.7 Å². The van der Waals surface area contributed by atoms with Crippen molar-refractivity contribution in [1.82, 2.24) is 15.1 Å². The van der Waals surface area contributed by atoms with Crippen LogP contribution in [0.15, 0.2) is 34.3 Å². The van der Waals surface area contributed by atoms with Gasteiger partial charge in [0, 0.05) is 37.6 Å². The number of likely N-dealkylation sites (tertiary alicyclic amines) is 1. The van der Waals surface area contributed by atoms with E-state index in [1.807, 2.05) is 17.5 Å². The molecule has 4 rings (SSSR count). The highest BCUT2D eigenvalue weighted by atomic mass is 32.1. The molecule has 27 heavy (non-hydrogen) atoms. The third kappa shape index (κ3) is 4.78. The fourth-order valence-electron chi connectivity index (χ4n) is 4.09. The Kier molecular flexibility index (Phi) is 5.94. The van der Waals surface area contributed by atoms with Crippen LogP contribution in [0, 0.1) is 0 Å². The minimum atomic E-state index is -0.382. The summed E-state index contributed by atoms with van der Waals surface area (Å²) in [5, 5.41) is 9.44.